The summed E-state index contributed by atoms with van der Waals surface area (Å²) < 4.78 is 2.62. The van der Waals surface area contributed by atoms with Crippen LogP contribution in [0.4, 0.5) is 0 Å². The Bertz CT molecular complexity index is 464. The molecule has 1 aromatic rings. The van der Waals surface area contributed by atoms with Crippen LogP contribution in [0.5, 0.6) is 0 Å². The molecule has 0 atom stereocenters. The minimum absolute atomic E-state index is 0.0981. The lowest BCUT2D eigenvalue weighted by atomic mass is 9.83. The fraction of sp³-hybridized carbons (Fsp3) is 0.714. The van der Waals surface area contributed by atoms with Gasteiger partial charge in [0, 0.05) is 18.5 Å². The van der Waals surface area contributed by atoms with E-state index in [1.807, 2.05) is 18.8 Å². The molecule has 1 aliphatic carbocycles. The van der Waals surface area contributed by atoms with Crippen LogP contribution in [0.25, 0.3) is 0 Å². The van der Waals surface area contributed by atoms with Crippen molar-refractivity contribution in [3.8, 4) is 0 Å². The molecule has 0 spiro atoms. The van der Waals surface area contributed by atoms with Gasteiger partial charge in [0.1, 0.15) is 5.69 Å². The third kappa shape index (κ3) is 3.68. The molecule has 6 heteroatoms. The topological polar surface area (TPSA) is 64.2 Å². The second kappa shape index (κ2) is 6.83. The molecule has 1 fully saturated rings. The van der Waals surface area contributed by atoms with E-state index in [1.165, 1.54) is 0 Å². The molecular formula is C14H23BrN4O. The maximum absolute atomic E-state index is 12.7. The standard InChI is InChI=1S/C14H23BrN4O/c1-18(2)7-8-19-13(12(15)9-17-19)14(20)10-3-5-11(16)6-4-10/h9-11H,3-8,16H2,1-2H3. The molecule has 2 N–H and O–H groups in total. The molecule has 1 saturated carbocycles. The van der Waals surface area contributed by atoms with Gasteiger partial charge in [0.15, 0.2) is 5.78 Å². The Morgan fingerprint density at radius 2 is 2.10 bits per heavy atom. The number of aromatic nitrogens is 2. The highest BCUT2D eigenvalue weighted by molar-refractivity contribution is 9.10. The zero-order chi connectivity index (χ0) is 14.7. The van der Waals surface area contributed by atoms with E-state index in [9.17, 15) is 4.79 Å². The molecule has 5 nitrogen and oxygen atoms in total. The van der Waals surface area contributed by atoms with E-state index in [4.69, 9.17) is 5.73 Å². The summed E-state index contributed by atoms with van der Waals surface area (Å²) in [6, 6.07) is 0.265. The Hall–Kier alpha value is -0.720. The number of carbonyl (C=O) groups is 1. The summed E-state index contributed by atoms with van der Waals surface area (Å²) in [5, 5.41) is 4.32. The van der Waals surface area contributed by atoms with Crippen molar-refractivity contribution in [2.75, 3.05) is 20.6 Å². The van der Waals surface area contributed by atoms with Gasteiger partial charge < -0.3 is 10.6 Å². The molecule has 20 heavy (non-hydrogen) atoms. The van der Waals surface area contributed by atoms with E-state index in [2.05, 4.69) is 25.9 Å². The average Bonchev–Trinajstić information content (AvgIpc) is 2.77. The van der Waals surface area contributed by atoms with Crippen LogP contribution in [0.1, 0.15) is 36.2 Å². The molecule has 1 aliphatic rings. The molecule has 1 heterocycles. The molecule has 1 aromatic heterocycles. The summed E-state index contributed by atoms with van der Waals surface area (Å²) in [7, 11) is 4.03. The molecule has 0 aliphatic heterocycles. The minimum Gasteiger partial charge on any atom is -0.328 e. The Labute approximate surface area is 128 Å². The highest BCUT2D eigenvalue weighted by atomic mass is 79.9. The highest BCUT2D eigenvalue weighted by Gasteiger charge is 2.29. The molecule has 0 saturated heterocycles. The van der Waals surface area contributed by atoms with Gasteiger partial charge in [-0.05, 0) is 55.7 Å². The molecule has 0 bridgehead atoms. The van der Waals surface area contributed by atoms with E-state index in [0.29, 0.717) is 5.69 Å². The Morgan fingerprint density at radius 1 is 1.45 bits per heavy atom. The lowest BCUT2D eigenvalue weighted by Gasteiger charge is -2.25. The SMILES string of the molecule is CN(C)CCn1ncc(Br)c1C(=O)C1CCC(N)CC1. The molecule has 0 amide bonds. The van der Waals surface area contributed by atoms with Crippen LogP contribution in [0.3, 0.4) is 0 Å². The predicted molar refractivity (Wildman–Crippen MR) is 82.7 cm³/mol. The van der Waals surface area contributed by atoms with Crippen LogP contribution in [-0.4, -0.2) is 47.1 Å². The number of ketones is 1. The number of carbonyl (C=O) groups excluding carboxylic acids is 1. The van der Waals surface area contributed by atoms with Crippen LogP contribution < -0.4 is 5.73 Å². The third-order valence-corrected chi connectivity index (χ3v) is 4.51. The first-order chi connectivity index (χ1) is 9.49. The van der Waals surface area contributed by atoms with Crippen molar-refractivity contribution in [2.45, 2.75) is 38.3 Å². The second-order valence-electron chi connectivity index (χ2n) is 5.84. The maximum atomic E-state index is 12.7. The smallest absolute Gasteiger partial charge is 0.185 e. The normalized spacial score (nSPS) is 23.2. The molecule has 2 rings (SSSR count). The minimum atomic E-state index is 0.0981. The van der Waals surface area contributed by atoms with Crippen LogP contribution in [0, 0.1) is 5.92 Å². The molecular weight excluding hydrogens is 320 g/mol. The predicted octanol–water partition coefficient (Wildman–Crippen LogP) is 1.91. The zero-order valence-corrected chi connectivity index (χ0v) is 13.8. The van der Waals surface area contributed by atoms with Crippen molar-refractivity contribution in [1.29, 1.82) is 0 Å². The summed E-state index contributed by atoms with van der Waals surface area (Å²) in [5.41, 5.74) is 6.63. The van der Waals surface area contributed by atoms with Gasteiger partial charge >= 0.3 is 0 Å². The summed E-state index contributed by atoms with van der Waals surface area (Å²) in [6.07, 6.45) is 5.40. The van der Waals surface area contributed by atoms with Crippen LogP contribution in [0.15, 0.2) is 10.7 Å². The number of likely N-dealkylation sites (N-methyl/N-ethyl adjacent to an activating group) is 1. The summed E-state index contributed by atoms with van der Waals surface area (Å²) in [4.78, 5) is 14.8. The number of rotatable bonds is 5. The van der Waals surface area contributed by atoms with Gasteiger partial charge in [0.05, 0.1) is 17.2 Å². The molecule has 0 radical (unpaired) electrons. The maximum Gasteiger partial charge on any atom is 0.185 e. The van der Waals surface area contributed by atoms with Gasteiger partial charge in [-0.3, -0.25) is 9.48 Å². The molecule has 0 aromatic carbocycles. The van der Waals surface area contributed by atoms with Gasteiger partial charge in [-0.15, -0.1) is 0 Å². The Balaban J connectivity index is 2.10. The van der Waals surface area contributed by atoms with Crippen molar-refractivity contribution < 1.29 is 4.79 Å². The third-order valence-electron chi connectivity index (χ3n) is 3.93. The van der Waals surface area contributed by atoms with E-state index >= 15 is 0 Å². The van der Waals surface area contributed by atoms with Crippen molar-refractivity contribution >= 4 is 21.7 Å². The average molecular weight is 343 g/mol. The van der Waals surface area contributed by atoms with Crippen molar-refractivity contribution in [2.24, 2.45) is 11.7 Å². The lowest BCUT2D eigenvalue weighted by Crippen LogP contribution is -2.31. The van der Waals surface area contributed by atoms with Crippen LogP contribution in [-0.2, 0) is 6.54 Å². The van der Waals surface area contributed by atoms with E-state index in [0.717, 1.165) is 43.2 Å². The first-order valence-corrected chi connectivity index (χ1v) is 7.94. The fourth-order valence-corrected chi connectivity index (χ4v) is 3.14. The fourth-order valence-electron chi connectivity index (χ4n) is 2.65. The quantitative estimate of drug-likeness (QED) is 0.830. The van der Waals surface area contributed by atoms with Gasteiger partial charge in [0.2, 0.25) is 0 Å². The molecule has 112 valence electrons. The number of halogens is 1. The summed E-state index contributed by atoms with van der Waals surface area (Å²) in [6.45, 7) is 1.59. The van der Waals surface area contributed by atoms with Gasteiger partial charge in [0.25, 0.3) is 0 Å². The second-order valence-corrected chi connectivity index (χ2v) is 6.70. The van der Waals surface area contributed by atoms with Gasteiger partial charge in [-0.25, -0.2) is 0 Å². The van der Waals surface area contributed by atoms with E-state index in [-0.39, 0.29) is 17.7 Å². The monoisotopic (exact) mass is 342 g/mol. The summed E-state index contributed by atoms with van der Waals surface area (Å²) >= 11 is 3.46. The lowest BCUT2D eigenvalue weighted by molar-refractivity contribution is 0.0871. The first kappa shape index (κ1) is 15.7. The Morgan fingerprint density at radius 3 is 2.70 bits per heavy atom. The van der Waals surface area contributed by atoms with Gasteiger partial charge in [-0.1, -0.05) is 0 Å². The van der Waals surface area contributed by atoms with Crippen molar-refractivity contribution in [3.63, 3.8) is 0 Å². The van der Waals surface area contributed by atoms with E-state index < -0.39 is 0 Å². The van der Waals surface area contributed by atoms with Crippen molar-refractivity contribution in [3.05, 3.63) is 16.4 Å². The Kier molecular flexibility index (Phi) is 5.35. The molecule has 0 unspecified atom stereocenters. The zero-order valence-electron chi connectivity index (χ0n) is 12.2. The number of hydrogen-bond donors (Lipinski definition) is 1. The van der Waals surface area contributed by atoms with Crippen LogP contribution in [0.2, 0.25) is 0 Å². The highest BCUT2D eigenvalue weighted by Crippen LogP contribution is 2.29. The van der Waals surface area contributed by atoms with Gasteiger partial charge in [-0.2, -0.15) is 5.10 Å². The van der Waals surface area contributed by atoms with E-state index in [1.54, 1.807) is 6.20 Å². The number of hydrogen-bond acceptors (Lipinski definition) is 4. The number of nitrogens with two attached hydrogens (primary N) is 1. The number of Topliss-reactive ketones (excluding diaryl/α,β-unsaturated/α-hetero) is 1. The van der Waals surface area contributed by atoms with Crippen LogP contribution >= 0.6 is 15.9 Å². The summed E-state index contributed by atoms with van der Waals surface area (Å²) in [5.74, 6) is 0.306. The largest absolute Gasteiger partial charge is 0.328 e. The van der Waals surface area contributed by atoms with Crippen molar-refractivity contribution in [1.82, 2.24) is 14.7 Å². The number of nitrogens with zero attached hydrogens (tertiary/aromatic N) is 3. The first-order valence-electron chi connectivity index (χ1n) is 7.15.